The lowest BCUT2D eigenvalue weighted by molar-refractivity contribution is -0.119. The maximum atomic E-state index is 11.9. The van der Waals surface area contributed by atoms with Crippen molar-refractivity contribution in [3.63, 3.8) is 0 Å². The van der Waals surface area contributed by atoms with Crippen LogP contribution in [-0.2, 0) is 9.53 Å². The fraction of sp³-hybridized carbons (Fsp3) is 0.0667. The van der Waals surface area contributed by atoms with Crippen molar-refractivity contribution in [1.82, 2.24) is 0 Å². The second-order valence-corrected chi connectivity index (χ2v) is 6.04. The molecule has 22 heavy (non-hydrogen) atoms. The number of nitrogen functional groups attached to an aromatic ring is 1. The van der Waals surface area contributed by atoms with Crippen LogP contribution < -0.4 is 11.1 Å². The minimum absolute atomic E-state index is 0.173. The number of hydrogen-bond acceptors (Lipinski definition) is 4. The predicted molar refractivity (Wildman–Crippen MR) is 93.9 cm³/mol. The van der Waals surface area contributed by atoms with Gasteiger partial charge in [0.25, 0.3) is 5.91 Å². The van der Waals surface area contributed by atoms with E-state index in [9.17, 15) is 9.59 Å². The molecule has 2 rings (SSSR count). The van der Waals surface area contributed by atoms with Gasteiger partial charge in [0.1, 0.15) is 0 Å². The molecule has 0 heterocycles. The van der Waals surface area contributed by atoms with E-state index in [2.05, 4.69) is 27.9 Å². The Labute approximate surface area is 145 Å². The van der Waals surface area contributed by atoms with E-state index in [-0.39, 0.29) is 11.3 Å². The van der Waals surface area contributed by atoms with Crippen molar-refractivity contribution >= 4 is 57.4 Å². The van der Waals surface area contributed by atoms with Crippen molar-refractivity contribution in [2.24, 2.45) is 0 Å². The Kier molecular flexibility index (Phi) is 5.62. The third-order valence-electron chi connectivity index (χ3n) is 2.70. The molecule has 0 aliphatic carbocycles. The van der Waals surface area contributed by atoms with Gasteiger partial charge in [-0.25, -0.2) is 4.79 Å². The molecular weight excluding hydrogens is 419 g/mol. The van der Waals surface area contributed by atoms with Gasteiger partial charge in [0.15, 0.2) is 6.61 Å². The second-order valence-electron chi connectivity index (χ2n) is 4.36. The maximum Gasteiger partial charge on any atom is 0.340 e. The number of rotatable bonds is 4. The Morgan fingerprint density at radius 1 is 1.18 bits per heavy atom. The van der Waals surface area contributed by atoms with Crippen LogP contribution in [0.15, 0.2) is 42.5 Å². The molecule has 0 unspecified atom stereocenters. The third-order valence-corrected chi connectivity index (χ3v) is 3.65. The number of ether oxygens (including phenoxy) is 1. The highest BCUT2D eigenvalue weighted by atomic mass is 127. The molecule has 0 aliphatic rings. The van der Waals surface area contributed by atoms with Crippen molar-refractivity contribution < 1.29 is 14.3 Å². The van der Waals surface area contributed by atoms with E-state index < -0.39 is 18.5 Å². The van der Waals surface area contributed by atoms with Crippen molar-refractivity contribution in [3.8, 4) is 0 Å². The summed E-state index contributed by atoms with van der Waals surface area (Å²) in [5.74, 6) is -1.10. The molecule has 3 N–H and O–H groups in total. The number of carbonyl (C=O) groups is 2. The highest BCUT2D eigenvalue weighted by molar-refractivity contribution is 14.1. The average molecular weight is 431 g/mol. The van der Waals surface area contributed by atoms with Crippen LogP contribution in [0.1, 0.15) is 10.4 Å². The number of halogens is 2. The summed E-state index contributed by atoms with van der Waals surface area (Å²) < 4.78 is 5.99. The number of benzene rings is 2. The van der Waals surface area contributed by atoms with E-state index >= 15 is 0 Å². The van der Waals surface area contributed by atoms with Crippen LogP contribution >= 0.6 is 34.2 Å². The van der Waals surface area contributed by atoms with Gasteiger partial charge in [0.2, 0.25) is 0 Å². The van der Waals surface area contributed by atoms with Gasteiger partial charge in [-0.15, -0.1) is 0 Å². The highest BCUT2D eigenvalue weighted by Crippen LogP contribution is 2.18. The minimum Gasteiger partial charge on any atom is -0.452 e. The fourth-order valence-corrected chi connectivity index (χ4v) is 2.20. The summed E-state index contributed by atoms with van der Waals surface area (Å²) in [6, 6.07) is 11.7. The molecular formula is C15H12ClIN2O3. The molecule has 5 nitrogen and oxygen atoms in total. The van der Waals surface area contributed by atoms with Crippen LogP contribution in [0.4, 0.5) is 11.4 Å². The van der Waals surface area contributed by atoms with Gasteiger partial charge in [-0.1, -0.05) is 11.6 Å². The van der Waals surface area contributed by atoms with Gasteiger partial charge in [-0.05, 0) is 65.1 Å². The van der Waals surface area contributed by atoms with E-state index in [1.165, 1.54) is 18.2 Å². The van der Waals surface area contributed by atoms with Crippen LogP contribution in [0.3, 0.4) is 0 Å². The first-order valence-corrected chi connectivity index (χ1v) is 7.69. The zero-order chi connectivity index (χ0) is 16.1. The first kappa shape index (κ1) is 16.6. The molecule has 0 saturated heterocycles. The summed E-state index contributed by atoms with van der Waals surface area (Å²) >= 11 is 7.92. The van der Waals surface area contributed by atoms with E-state index in [4.69, 9.17) is 22.1 Å². The van der Waals surface area contributed by atoms with Gasteiger partial charge in [-0.3, -0.25) is 4.79 Å². The SMILES string of the molecule is Nc1cc(Cl)ccc1C(=O)OCC(=O)Nc1ccc(I)cc1. The molecule has 1 amide bonds. The maximum absolute atomic E-state index is 11.9. The van der Waals surface area contributed by atoms with Crippen LogP contribution in [0.25, 0.3) is 0 Å². The van der Waals surface area contributed by atoms with Crippen molar-refractivity contribution in [2.45, 2.75) is 0 Å². The third kappa shape index (κ3) is 4.60. The summed E-state index contributed by atoms with van der Waals surface area (Å²) in [6.45, 7) is -0.396. The van der Waals surface area contributed by atoms with E-state index in [0.29, 0.717) is 10.7 Å². The molecule has 0 radical (unpaired) electrons. The molecule has 0 spiro atoms. The molecule has 114 valence electrons. The van der Waals surface area contributed by atoms with Gasteiger partial charge >= 0.3 is 5.97 Å². The predicted octanol–water partition coefficient (Wildman–Crippen LogP) is 3.32. The Balaban J connectivity index is 1.90. The molecule has 2 aromatic rings. The second kappa shape index (κ2) is 7.46. The molecule has 2 aromatic carbocycles. The first-order valence-electron chi connectivity index (χ1n) is 6.23. The van der Waals surface area contributed by atoms with Crippen LogP contribution in [0.5, 0.6) is 0 Å². The molecule has 7 heteroatoms. The Hall–Kier alpha value is -1.80. The Morgan fingerprint density at radius 3 is 2.50 bits per heavy atom. The lowest BCUT2D eigenvalue weighted by Crippen LogP contribution is -2.21. The standard InChI is InChI=1S/C15H12ClIN2O3/c16-9-1-6-12(13(18)7-9)15(21)22-8-14(20)19-11-4-2-10(17)3-5-11/h1-7H,8,18H2,(H,19,20). The Morgan fingerprint density at radius 2 is 1.86 bits per heavy atom. The fourth-order valence-electron chi connectivity index (χ4n) is 1.66. The smallest absolute Gasteiger partial charge is 0.340 e. The summed E-state index contributed by atoms with van der Waals surface area (Å²) in [6.07, 6.45) is 0. The van der Waals surface area contributed by atoms with Crippen LogP contribution in [0.2, 0.25) is 5.02 Å². The lowest BCUT2D eigenvalue weighted by Gasteiger charge is -2.08. The summed E-state index contributed by atoms with van der Waals surface area (Å²) in [5, 5.41) is 3.05. The molecule has 0 bridgehead atoms. The molecule has 0 aromatic heterocycles. The van der Waals surface area contributed by atoms with Crippen molar-refractivity contribution in [2.75, 3.05) is 17.7 Å². The lowest BCUT2D eigenvalue weighted by atomic mass is 10.2. The summed E-state index contributed by atoms with van der Waals surface area (Å²) in [5.41, 5.74) is 6.69. The van der Waals surface area contributed by atoms with E-state index in [1.807, 2.05) is 12.1 Å². The minimum atomic E-state index is -0.674. The zero-order valence-corrected chi connectivity index (χ0v) is 14.2. The number of hydrogen-bond donors (Lipinski definition) is 2. The molecule has 0 fully saturated rings. The van der Waals surface area contributed by atoms with Crippen LogP contribution in [0, 0.1) is 3.57 Å². The number of anilines is 2. The monoisotopic (exact) mass is 430 g/mol. The topological polar surface area (TPSA) is 81.4 Å². The van der Waals surface area contributed by atoms with Crippen LogP contribution in [-0.4, -0.2) is 18.5 Å². The van der Waals surface area contributed by atoms with Gasteiger partial charge in [0.05, 0.1) is 5.56 Å². The number of nitrogens with two attached hydrogens (primary N) is 1. The van der Waals surface area contributed by atoms with Gasteiger partial charge in [-0.2, -0.15) is 0 Å². The van der Waals surface area contributed by atoms with Crippen molar-refractivity contribution in [1.29, 1.82) is 0 Å². The number of carbonyl (C=O) groups excluding carboxylic acids is 2. The summed E-state index contributed by atoms with van der Waals surface area (Å²) in [7, 11) is 0. The Bertz CT molecular complexity index is 704. The van der Waals surface area contributed by atoms with Crippen molar-refractivity contribution in [3.05, 3.63) is 56.6 Å². The molecule has 0 aliphatic heterocycles. The highest BCUT2D eigenvalue weighted by Gasteiger charge is 2.13. The molecule has 0 atom stereocenters. The normalized spacial score (nSPS) is 10.1. The first-order chi connectivity index (χ1) is 10.5. The molecule has 0 saturated carbocycles. The average Bonchev–Trinajstić information content (AvgIpc) is 2.47. The quantitative estimate of drug-likeness (QED) is 0.443. The van der Waals surface area contributed by atoms with E-state index in [1.54, 1.807) is 12.1 Å². The van der Waals surface area contributed by atoms with Gasteiger partial charge < -0.3 is 15.8 Å². The summed E-state index contributed by atoms with van der Waals surface area (Å²) in [4.78, 5) is 23.6. The zero-order valence-electron chi connectivity index (χ0n) is 11.3. The number of nitrogens with one attached hydrogen (secondary N) is 1. The largest absolute Gasteiger partial charge is 0.452 e. The van der Waals surface area contributed by atoms with Gasteiger partial charge in [0, 0.05) is 20.0 Å². The number of amides is 1. The number of esters is 1. The van der Waals surface area contributed by atoms with E-state index in [0.717, 1.165) is 3.57 Å².